The fourth-order valence-corrected chi connectivity index (χ4v) is 4.80. The molecule has 24 heavy (non-hydrogen) atoms. The monoisotopic (exact) mass is 376 g/mol. The molecule has 2 aromatic rings. The summed E-state index contributed by atoms with van der Waals surface area (Å²) in [5.41, 5.74) is 1.73. The summed E-state index contributed by atoms with van der Waals surface area (Å²) in [7, 11) is 0. The Kier molecular flexibility index (Phi) is 4.85. The first-order valence-electron chi connectivity index (χ1n) is 7.52. The highest BCUT2D eigenvalue weighted by molar-refractivity contribution is 8.24. The van der Waals surface area contributed by atoms with Crippen molar-refractivity contribution < 1.29 is 4.74 Å². The Bertz CT molecular complexity index is 775. The van der Waals surface area contributed by atoms with Crippen LogP contribution < -0.4 is 4.90 Å². The van der Waals surface area contributed by atoms with Crippen LogP contribution in [0.2, 0.25) is 5.02 Å². The van der Waals surface area contributed by atoms with Crippen molar-refractivity contribution in [1.29, 1.82) is 0 Å². The second-order valence-electron chi connectivity index (χ2n) is 6.09. The summed E-state index contributed by atoms with van der Waals surface area (Å²) < 4.78 is 1.36. The number of hydrogen-bond donors (Lipinski definition) is 0. The summed E-state index contributed by atoms with van der Waals surface area (Å²) in [6, 6.07) is 17.0. The largest absolute Gasteiger partial charge is 0.622 e. The van der Waals surface area contributed by atoms with E-state index in [0.717, 1.165) is 16.0 Å². The van der Waals surface area contributed by atoms with Crippen LogP contribution in [0.1, 0.15) is 19.4 Å². The lowest BCUT2D eigenvalue weighted by molar-refractivity contribution is -0.497. The minimum atomic E-state index is -0.423. The zero-order valence-electron chi connectivity index (χ0n) is 13.3. The number of benzene rings is 2. The molecule has 2 aromatic carbocycles. The van der Waals surface area contributed by atoms with Gasteiger partial charge in [-0.15, -0.1) is 0 Å². The highest BCUT2D eigenvalue weighted by atomic mass is 35.5. The van der Waals surface area contributed by atoms with Crippen molar-refractivity contribution in [3.63, 3.8) is 0 Å². The van der Waals surface area contributed by atoms with Gasteiger partial charge in [-0.2, -0.15) is 4.74 Å². The fourth-order valence-electron chi connectivity index (χ4n) is 2.76. The van der Waals surface area contributed by atoms with E-state index in [4.69, 9.17) is 23.8 Å². The Morgan fingerprint density at radius 3 is 2.42 bits per heavy atom. The predicted molar refractivity (Wildman–Crippen MR) is 107 cm³/mol. The molecule has 1 aliphatic heterocycles. The number of hydroxylamine groups is 1. The summed E-state index contributed by atoms with van der Waals surface area (Å²) in [5.74, 6) is 0. The van der Waals surface area contributed by atoms with Crippen LogP contribution in [0.5, 0.6) is 0 Å². The Morgan fingerprint density at radius 1 is 1.17 bits per heavy atom. The van der Waals surface area contributed by atoms with Crippen molar-refractivity contribution in [3.8, 4) is 0 Å². The van der Waals surface area contributed by atoms with Gasteiger partial charge in [-0.25, -0.2) is 0 Å². The normalized spacial score (nSPS) is 20.5. The van der Waals surface area contributed by atoms with Gasteiger partial charge in [-0.05, 0) is 50.2 Å². The van der Waals surface area contributed by atoms with E-state index in [2.05, 4.69) is 0 Å². The molecule has 1 saturated heterocycles. The fraction of sp³-hybridized carbons (Fsp3) is 0.222. The molecule has 0 amide bonds. The predicted octanol–water partition coefficient (Wildman–Crippen LogP) is 4.91. The van der Waals surface area contributed by atoms with Gasteiger partial charge in [-0.3, -0.25) is 4.90 Å². The van der Waals surface area contributed by atoms with Gasteiger partial charge in [0.1, 0.15) is 9.07 Å². The molecule has 0 N–H and O–H groups in total. The Hall–Kier alpha value is -1.56. The minimum Gasteiger partial charge on any atom is -0.622 e. The molecule has 0 spiro atoms. The van der Waals surface area contributed by atoms with Crippen LogP contribution in [-0.2, 0) is 0 Å². The van der Waals surface area contributed by atoms with Crippen molar-refractivity contribution in [1.82, 2.24) is 0 Å². The second kappa shape index (κ2) is 6.75. The van der Waals surface area contributed by atoms with Gasteiger partial charge in [-0.1, -0.05) is 53.8 Å². The molecular weight excluding hydrogens is 360 g/mol. The number of thiocarbonyl (C=S) groups is 1. The number of hydrogen-bond acceptors (Lipinski definition) is 3. The van der Waals surface area contributed by atoms with Gasteiger partial charge in [0.2, 0.25) is 0 Å². The lowest BCUT2D eigenvalue weighted by Crippen LogP contribution is -2.48. The average molecular weight is 377 g/mol. The molecule has 0 unspecified atom stereocenters. The molecule has 0 aliphatic carbocycles. The molecule has 3 rings (SSSR count). The molecule has 1 heterocycles. The number of para-hydroxylation sites is 1. The molecule has 0 aromatic heterocycles. The van der Waals surface area contributed by atoms with E-state index in [0.29, 0.717) is 9.34 Å². The van der Waals surface area contributed by atoms with Crippen molar-refractivity contribution in [3.05, 3.63) is 70.4 Å². The third kappa shape index (κ3) is 3.43. The van der Waals surface area contributed by atoms with Crippen molar-refractivity contribution in [2.24, 2.45) is 0 Å². The summed E-state index contributed by atoms with van der Waals surface area (Å²) in [6.45, 7) is 4.08. The minimum absolute atomic E-state index is 0.336. The molecule has 6 heteroatoms. The topological polar surface area (TPSA) is 29.3 Å². The summed E-state index contributed by atoms with van der Waals surface area (Å²) in [6.07, 6.45) is 1.17. The van der Waals surface area contributed by atoms with E-state index in [-0.39, 0.29) is 4.75 Å². The second-order valence-corrected chi connectivity index (χ2v) is 8.82. The third-order valence-electron chi connectivity index (χ3n) is 3.84. The van der Waals surface area contributed by atoms with Gasteiger partial charge >= 0.3 is 0 Å². The smallest absolute Gasteiger partial charge is 0.258 e. The molecule has 3 nitrogen and oxygen atoms in total. The Morgan fingerprint density at radius 2 is 1.79 bits per heavy atom. The molecule has 1 aliphatic rings. The van der Waals surface area contributed by atoms with Crippen molar-refractivity contribution >= 4 is 51.8 Å². The summed E-state index contributed by atoms with van der Waals surface area (Å²) in [5, 5.41) is 13.6. The zero-order valence-corrected chi connectivity index (χ0v) is 15.7. The molecular formula is C18H17ClN2OS2. The van der Waals surface area contributed by atoms with E-state index in [1.807, 2.05) is 61.2 Å². The van der Waals surface area contributed by atoms with Crippen molar-refractivity contribution in [2.45, 2.75) is 24.8 Å². The zero-order chi connectivity index (χ0) is 17.3. The molecule has 0 bridgehead atoms. The number of thioether (sulfide) groups is 1. The first-order chi connectivity index (χ1) is 11.4. The van der Waals surface area contributed by atoms with E-state index >= 15 is 0 Å². The number of nitrogens with zero attached hydrogens (tertiary/aromatic N) is 2. The van der Waals surface area contributed by atoms with Gasteiger partial charge in [0, 0.05) is 16.3 Å². The van der Waals surface area contributed by atoms with Gasteiger partial charge in [0.15, 0.2) is 6.21 Å². The van der Waals surface area contributed by atoms with Gasteiger partial charge < -0.3 is 5.21 Å². The van der Waals surface area contributed by atoms with Crippen LogP contribution in [0.25, 0.3) is 0 Å². The van der Waals surface area contributed by atoms with Crippen LogP contribution in [0.3, 0.4) is 0 Å². The molecule has 124 valence electrons. The van der Waals surface area contributed by atoms with Crippen LogP contribution in [-0.4, -0.2) is 26.2 Å². The van der Waals surface area contributed by atoms with Crippen LogP contribution in [0.15, 0.2) is 54.6 Å². The lowest BCUT2D eigenvalue weighted by atomic mass is 10.1. The third-order valence-corrected chi connectivity index (χ3v) is 5.64. The quantitative estimate of drug-likeness (QED) is 0.250. The van der Waals surface area contributed by atoms with Crippen LogP contribution in [0.4, 0.5) is 5.69 Å². The summed E-state index contributed by atoms with van der Waals surface area (Å²) >= 11 is 13.0. The van der Waals surface area contributed by atoms with Crippen LogP contribution in [0, 0.1) is 5.21 Å². The number of rotatable bonds is 3. The maximum Gasteiger partial charge on any atom is 0.258 e. The average Bonchev–Trinajstić information content (AvgIpc) is 2.79. The Labute approximate surface area is 156 Å². The van der Waals surface area contributed by atoms with E-state index in [1.54, 1.807) is 30.1 Å². The number of anilines is 1. The highest BCUT2D eigenvalue weighted by Crippen LogP contribution is 2.43. The number of halogens is 1. The first-order valence-corrected chi connectivity index (χ1v) is 9.12. The highest BCUT2D eigenvalue weighted by Gasteiger charge is 2.51. The molecule has 0 saturated carbocycles. The standard InChI is InChI=1S/C18H17ClN2OS2/c1-18(2)16(20(22)12-13-8-10-14(19)11-9-13)21(17(23)24-18)15-6-4-3-5-7-15/h3-12,16H,1-2H3/b20-12-/t16-/m1/s1. The molecule has 1 fully saturated rings. The Balaban J connectivity index is 2.01. The van der Waals surface area contributed by atoms with Gasteiger partial charge in [0.05, 0.1) is 0 Å². The molecule has 0 radical (unpaired) electrons. The van der Waals surface area contributed by atoms with Crippen molar-refractivity contribution in [2.75, 3.05) is 4.90 Å². The summed E-state index contributed by atoms with van der Waals surface area (Å²) in [4.78, 5) is 1.93. The van der Waals surface area contributed by atoms with E-state index in [9.17, 15) is 5.21 Å². The first kappa shape index (κ1) is 17.3. The molecule has 1 atom stereocenters. The van der Waals surface area contributed by atoms with Crippen LogP contribution >= 0.6 is 35.6 Å². The van der Waals surface area contributed by atoms with E-state index in [1.165, 1.54) is 0 Å². The van der Waals surface area contributed by atoms with E-state index < -0.39 is 6.17 Å². The SMILES string of the molecule is CC1(C)SC(=S)N(c2ccccc2)[C@H]1/[N+]([O-])=C/c1ccc(Cl)cc1. The van der Waals surface area contributed by atoms with Gasteiger partial charge in [0.25, 0.3) is 6.17 Å². The maximum atomic E-state index is 13.0. The lowest BCUT2D eigenvalue weighted by Gasteiger charge is -2.29. The maximum absolute atomic E-state index is 13.0.